The Hall–Kier alpha value is -0.950. The Balaban J connectivity index is 1.94. The Morgan fingerprint density at radius 1 is 1.50 bits per heavy atom. The highest BCUT2D eigenvalue weighted by Crippen LogP contribution is 2.18. The van der Waals surface area contributed by atoms with Crippen LogP contribution in [0, 0.1) is 0 Å². The normalized spacial score (nSPS) is 17.3. The summed E-state index contributed by atoms with van der Waals surface area (Å²) in [4.78, 5) is 15.4. The third kappa shape index (κ3) is 2.79. The number of carbonyl (C=O) groups excluding carboxylic acids is 1. The van der Waals surface area contributed by atoms with Gasteiger partial charge in [0.05, 0.1) is 18.1 Å². The lowest BCUT2D eigenvalue weighted by Crippen LogP contribution is -2.35. The number of nitrogens with two attached hydrogens (primary N) is 1. The molecule has 5 nitrogen and oxygen atoms in total. The van der Waals surface area contributed by atoms with Gasteiger partial charge in [0, 0.05) is 24.5 Å². The van der Waals surface area contributed by atoms with Crippen LogP contribution in [0.1, 0.15) is 14.5 Å². The molecule has 6 heteroatoms. The molecular formula is C10H15N3O2S. The van der Waals surface area contributed by atoms with Gasteiger partial charge in [0.25, 0.3) is 5.91 Å². The maximum Gasteiger partial charge on any atom is 0.275 e. The molecule has 0 saturated carbocycles. The third-order valence-electron chi connectivity index (χ3n) is 2.50. The second kappa shape index (κ2) is 5.40. The lowest BCUT2D eigenvalue weighted by atomic mass is 10.3. The third-order valence-corrected chi connectivity index (χ3v) is 3.57. The number of nitrogens with one attached hydrogen (secondary N) is 1. The summed E-state index contributed by atoms with van der Waals surface area (Å²) in [5.74, 6) is 4.85. The van der Waals surface area contributed by atoms with Gasteiger partial charge < -0.3 is 4.74 Å². The summed E-state index contributed by atoms with van der Waals surface area (Å²) in [6.45, 7) is 4.38. The summed E-state index contributed by atoms with van der Waals surface area (Å²) in [6, 6.07) is 3.79. The number of ether oxygens (including phenoxy) is 1. The largest absolute Gasteiger partial charge is 0.379 e. The Morgan fingerprint density at radius 2 is 2.25 bits per heavy atom. The molecule has 16 heavy (non-hydrogen) atoms. The van der Waals surface area contributed by atoms with E-state index in [-0.39, 0.29) is 5.91 Å². The lowest BCUT2D eigenvalue weighted by molar-refractivity contribution is 0.0346. The number of hydrogen-bond donors (Lipinski definition) is 2. The molecule has 1 amide bonds. The van der Waals surface area contributed by atoms with Gasteiger partial charge in [-0.25, -0.2) is 5.84 Å². The second-order valence-electron chi connectivity index (χ2n) is 3.63. The fourth-order valence-electron chi connectivity index (χ4n) is 1.64. The maximum atomic E-state index is 11.3. The first-order chi connectivity index (χ1) is 7.79. The zero-order chi connectivity index (χ0) is 11.4. The number of nitrogens with zero attached hydrogens (tertiary/aromatic N) is 1. The van der Waals surface area contributed by atoms with E-state index in [2.05, 4.69) is 10.3 Å². The van der Waals surface area contributed by atoms with Crippen LogP contribution in [0.2, 0.25) is 0 Å². The highest BCUT2D eigenvalue weighted by molar-refractivity contribution is 7.14. The van der Waals surface area contributed by atoms with Crippen molar-refractivity contribution < 1.29 is 9.53 Å². The van der Waals surface area contributed by atoms with Gasteiger partial charge in [0.15, 0.2) is 0 Å². The molecule has 88 valence electrons. The average Bonchev–Trinajstić information content (AvgIpc) is 2.78. The Kier molecular flexibility index (Phi) is 3.89. The van der Waals surface area contributed by atoms with Crippen molar-refractivity contribution in [1.82, 2.24) is 10.3 Å². The fourth-order valence-corrected chi connectivity index (χ4v) is 2.59. The molecular weight excluding hydrogens is 226 g/mol. The minimum absolute atomic E-state index is 0.224. The number of hydrazine groups is 1. The zero-order valence-corrected chi connectivity index (χ0v) is 9.76. The van der Waals surface area contributed by atoms with E-state index in [0.29, 0.717) is 4.88 Å². The first-order valence-corrected chi connectivity index (χ1v) is 6.01. The van der Waals surface area contributed by atoms with E-state index in [1.165, 1.54) is 16.2 Å². The molecule has 0 bridgehead atoms. The highest BCUT2D eigenvalue weighted by atomic mass is 32.1. The van der Waals surface area contributed by atoms with Crippen molar-refractivity contribution in [3.63, 3.8) is 0 Å². The minimum atomic E-state index is -0.224. The van der Waals surface area contributed by atoms with Crippen LogP contribution in [0.15, 0.2) is 12.1 Å². The molecule has 0 aromatic carbocycles. The number of nitrogen functional groups attached to an aromatic ring is 1. The molecule has 1 aromatic heterocycles. The summed E-state index contributed by atoms with van der Waals surface area (Å²) in [5, 5.41) is 0. The zero-order valence-electron chi connectivity index (χ0n) is 8.94. The summed E-state index contributed by atoms with van der Waals surface area (Å²) in [6.07, 6.45) is 0. The molecule has 1 aliphatic rings. The number of hydrogen-bond acceptors (Lipinski definition) is 5. The van der Waals surface area contributed by atoms with Crippen LogP contribution in [0.25, 0.3) is 0 Å². The van der Waals surface area contributed by atoms with Crippen LogP contribution in [-0.4, -0.2) is 37.1 Å². The number of amides is 1. The van der Waals surface area contributed by atoms with Crippen molar-refractivity contribution in [2.75, 3.05) is 26.3 Å². The van der Waals surface area contributed by atoms with Crippen molar-refractivity contribution in [3.8, 4) is 0 Å². The van der Waals surface area contributed by atoms with Gasteiger partial charge in [-0.2, -0.15) is 0 Å². The van der Waals surface area contributed by atoms with E-state index in [0.717, 1.165) is 32.8 Å². The van der Waals surface area contributed by atoms with Gasteiger partial charge in [-0.1, -0.05) is 0 Å². The molecule has 1 aromatic rings. The van der Waals surface area contributed by atoms with E-state index in [1.807, 2.05) is 12.1 Å². The number of thiophene rings is 1. The quantitative estimate of drug-likeness (QED) is 0.450. The number of rotatable bonds is 3. The minimum Gasteiger partial charge on any atom is -0.379 e. The molecule has 0 radical (unpaired) electrons. The summed E-state index contributed by atoms with van der Waals surface area (Å²) >= 11 is 1.48. The van der Waals surface area contributed by atoms with Gasteiger partial charge in [-0.3, -0.25) is 15.1 Å². The van der Waals surface area contributed by atoms with Crippen LogP contribution < -0.4 is 11.3 Å². The van der Waals surface area contributed by atoms with Crippen molar-refractivity contribution in [2.45, 2.75) is 6.54 Å². The smallest absolute Gasteiger partial charge is 0.275 e. The molecule has 1 saturated heterocycles. The Bertz CT molecular complexity index is 361. The Labute approximate surface area is 98.2 Å². The molecule has 0 spiro atoms. The molecule has 1 aliphatic heterocycles. The topological polar surface area (TPSA) is 67.6 Å². The van der Waals surface area contributed by atoms with E-state index in [1.54, 1.807) is 0 Å². The van der Waals surface area contributed by atoms with Crippen molar-refractivity contribution >= 4 is 17.2 Å². The van der Waals surface area contributed by atoms with Gasteiger partial charge in [0.2, 0.25) is 0 Å². The number of carbonyl (C=O) groups is 1. The van der Waals surface area contributed by atoms with E-state index >= 15 is 0 Å². The van der Waals surface area contributed by atoms with Crippen molar-refractivity contribution in [1.29, 1.82) is 0 Å². The molecule has 0 unspecified atom stereocenters. The predicted molar refractivity (Wildman–Crippen MR) is 62.1 cm³/mol. The van der Waals surface area contributed by atoms with Crippen LogP contribution in [0.3, 0.4) is 0 Å². The van der Waals surface area contributed by atoms with Gasteiger partial charge in [0.1, 0.15) is 0 Å². The maximum absolute atomic E-state index is 11.3. The Morgan fingerprint density at radius 3 is 2.94 bits per heavy atom. The van der Waals surface area contributed by atoms with Gasteiger partial charge in [-0.15, -0.1) is 11.3 Å². The van der Waals surface area contributed by atoms with Crippen molar-refractivity contribution in [3.05, 3.63) is 21.9 Å². The predicted octanol–water partition coefficient (Wildman–Crippen LogP) is 0.184. The van der Waals surface area contributed by atoms with Gasteiger partial charge >= 0.3 is 0 Å². The first kappa shape index (κ1) is 11.5. The lowest BCUT2D eigenvalue weighted by Gasteiger charge is -2.25. The van der Waals surface area contributed by atoms with Crippen LogP contribution >= 0.6 is 11.3 Å². The van der Waals surface area contributed by atoms with Crippen LogP contribution in [0.4, 0.5) is 0 Å². The average molecular weight is 241 g/mol. The first-order valence-electron chi connectivity index (χ1n) is 5.19. The molecule has 0 aliphatic carbocycles. The summed E-state index contributed by atoms with van der Waals surface area (Å²) in [5.41, 5.74) is 2.14. The van der Waals surface area contributed by atoms with Crippen LogP contribution in [0.5, 0.6) is 0 Å². The van der Waals surface area contributed by atoms with Crippen molar-refractivity contribution in [2.24, 2.45) is 5.84 Å². The van der Waals surface area contributed by atoms with E-state index in [4.69, 9.17) is 10.6 Å². The fraction of sp³-hybridized carbons (Fsp3) is 0.500. The molecule has 0 atom stereocenters. The number of morpholine rings is 1. The highest BCUT2D eigenvalue weighted by Gasteiger charge is 2.13. The van der Waals surface area contributed by atoms with E-state index in [9.17, 15) is 4.79 Å². The SMILES string of the molecule is NNC(=O)c1ccc(CN2CCOCC2)s1. The standard InChI is InChI=1S/C10H15N3O2S/c11-12-10(14)9-2-1-8(16-9)7-13-3-5-15-6-4-13/h1-2H,3-7,11H2,(H,12,14). The summed E-state index contributed by atoms with van der Waals surface area (Å²) < 4.78 is 5.28. The van der Waals surface area contributed by atoms with Crippen LogP contribution in [-0.2, 0) is 11.3 Å². The molecule has 2 rings (SSSR count). The monoisotopic (exact) mass is 241 g/mol. The molecule has 1 fully saturated rings. The molecule has 3 N–H and O–H groups in total. The van der Waals surface area contributed by atoms with Gasteiger partial charge in [-0.05, 0) is 12.1 Å². The second-order valence-corrected chi connectivity index (χ2v) is 4.80. The van der Waals surface area contributed by atoms with E-state index < -0.39 is 0 Å². The summed E-state index contributed by atoms with van der Waals surface area (Å²) in [7, 11) is 0. The molecule has 2 heterocycles.